The molecule has 1 fully saturated rings. The Morgan fingerprint density at radius 1 is 1.41 bits per heavy atom. The minimum atomic E-state index is -0.967. The van der Waals surface area contributed by atoms with Gasteiger partial charge in [0.2, 0.25) is 0 Å². The van der Waals surface area contributed by atoms with E-state index in [-0.39, 0.29) is 5.69 Å². The SMILES string of the molecule is CC1CCN(c2cccc(C(=O)O)n2)CC1C. The lowest BCUT2D eigenvalue weighted by Gasteiger charge is -2.36. The lowest BCUT2D eigenvalue weighted by molar-refractivity contribution is 0.0690. The topological polar surface area (TPSA) is 53.4 Å². The molecule has 4 nitrogen and oxygen atoms in total. The van der Waals surface area contributed by atoms with E-state index in [9.17, 15) is 4.79 Å². The van der Waals surface area contributed by atoms with E-state index in [0.717, 1.165) is 31.2 Å². The van der Waals surface area contributed by atoms with Crippen LogP contribution < -0.4 is 4.90 Å². The molecule has 1 aromatic rings. The van der Waals surface area contributed by atoms with Crippen molar-refractivity contribution in [2.45, 2.75) is 20.3 Å². The Hall–Kier alpha value is -1.58. The molecule has 2 atom stereocenters. The van der Waals surface area contributed by atoms with Gasteiger partial charge in [0.25, 0.3) is 0 Å². The zero-order valence-electron chi connectivity index (χ0n) is 10.3. The zero-order chi connectivity index (χ0) is 12.4. The van der Waals surface area contributed by atoms with Crippen molar-refractivity contribution in [2.24, 2.45) is 11.8 Å². The van der Waals surface area contributed by atoms with Crippen LogP contribution in [-0.4, -0.2) is 29.1 Å². The van der Waals surface area contributed by atoms with Crippen LogP contribution in [0.4, 0.5) is 5.82 Å². The highest BCUT2D eigenvalue weighted by molar-refractivity contribution is 5.85. The number of hydrogen-bond donors (Lipinski definition) is 1. The van der Waals surface area contributed by atoms with Gasteiger partial charge in [0.15, 0.2) is 5.69 Å². The maximum atomic E-state index is 10.9. The van der Waals surface area contributed by atoms with E-state index in [1.165, 1.54) is 6.07 Å². The third kappa shape index (κ3) is 2.57. The van der Waals surface area contributed by atoms with E-state index in [4.69, 9.17) is 5.11 Å². The molecule has 2 heterocycles. The summed E-state index contributed by atoms with van der Waals surface area (Å²) in [5.41, 5.74) is 0.119. The molecule has 4 heteroatoms. The molecule has 0 aliphatic carbocycles. The largest absolute Gasteiger partial charge is 0.477 e. The molecule has 0 spiro atoms. The number of aromatic carboxylic acids is 1. The second-order valence-corrected chi connectivity index (χ2v) is 4.88. The molecule has 1 aliphatic heterocycles. The predicted molar refractivity (Wildman–Crippen MR) is 66.4 cm³/mol. The minimum Gasteiger partial charge on any atom is -0.477 e. The number of rotatable bonds is 2. The first kappa shape index (κ1) is 11.9. The van der Waals surface area contributed by atoms with E-state index in [1.807, 2.05) is 6.07 Å². The molecule has 0 aromatic carbocycles. The summed E-state index contributed by atoms with van der Waals surface area (Å²) in [5.74, 6) is 1.17. The second-order valence-electron chi connectivity index (χ2n) is 4.88. The maximum absolute atomic E-state index is 10.9. The van der Waals surface area contributed by atoms with Gasteiger partial charge >= 0.3 is 5.97 Å². The number of anilines is 1. The average Bonchev–Trinajstić information content (AvgIpc) is 2.33. The Morgan fingerprint density at radius 3 is 2.82 bits per heavy atom. The lowest BCUT2D eigenvalue weighted by Crippen LogP contribution is -2.39. The van der Waals surface area contributed by atoms with Gasteiger partial charge in [0.1, 0.15) is 5.82 Å². The molecule has 1 saturated heterocycles. The number of pyridine rings is 1. The van der Waals surface area contributed by atoms with Crippen LogP contribution in [0.5, 0.6) is 0 Å². The predicted octanol–water partition coefficient (Wildman–Crippen LogP) is 2.26. The van der Waals surface area contributed by atoms with E-state index in [2.05, 4.69) is 23.7 Å². The van der Waals surface area contributed by atoms with Crippen molar-refractivity contribution in [2.75, 3.05) is 18.0 Å². The van der Waals surface area contributed by atoms with Crippen molar-refractivity contribution in [1.82, 2.24) is 4.98 Å². The van der Waals surface area contributed by atoms with Gasteiger partial charge in [-0.05, 0) is 30.4 Å². The molecule has 0 amide bonds. The smallest absolute Gasteiger partial charge is 0.354 e. The second kappa shape index (κ2) is 4.73. The van der Waals surface area contributed by atoms with Crippen LogP contribution in [-0.2, 0) is 0 Å². The van der Waals surface area contributed by atoms with E-state index < -0.39 is 5.97 Å². The molecule has 1 N–H and O–H groups in total. The lowest BCUT2D eigenvalue weighted by atomic mass is 9.89. The molecule has 1 aromatic heterocycles. The molecule has 0 bridgehead atoms. The van der Waals surface area contributed by atoms with Gasteiger partial charge in [-0.2, -0.15) is 0 Å². The minimum absolute atomic E-state index is 0.119. The maximum Gasteiger partial charge on any atom is 0.354 e. The fourth-order valence-corrected chi connectivity index (χ4v) is 2.19. The van der Waals surface area contributed by atoms with Gasteiger partial charge in [-0.15, -0.1) is 0 Å². The van der Waals surface area contributed by atoms with Crippen LogP contribution in [0.15, 0.2) is 18.2 Å². The summed E-state index contributed by atoms with van der Waals surface area (Å²) < 4.78 is 0. The number of aromatic nitrogens is 1. The Bertz CT molecular complexity index is 420. The molecule has 2 unspecified atom stereocenters. The van der Waals surface area contributed by atoms with Gasteiger partial charge in [-0.25, -0.2) is 9.78 Å². The summed E-state index contributed by atoms with van der Waals surface area (Å²) in [5, 5.41) is 8.92. The summed E-state index contributed by atoms with van der Waals surface area (Å²) in [4.78, 5) is 17.2. The Morgan fingerprint density at radius 2 is 2.18 bits per heavy atom. The Labute approximate surface area is 101 Å². The van der Waals surface area contributed by atoms with Crippen molar-refractivity contribution in [3.63, 3.8) is 0 Å². The summed E-state index contributed by atoms with van der Waals surface area (Å²) in [6.07, 6.45) is 1.14. The Balaban J connectivity index is 2.17. The van der Waals surface area contributed by atoms with Crippen LogP contribution in [0.25, 0.3) is 0 Å². The number of carboxylic acid groups (broad SMARTS) is 1. The highest BCUT2D eigenvalue weighted by Crippen LogP contribution is 2.25. The van der Waals surface area contributed by atoms with Crippen LogP contribution in [0.1, 0.15) is 30.8 Å². The number of hydrogen-bond acceptors (Lipinski definition) is 3. The van der Waals surface area contributed by atoms with Crippen molar-refractivity contribution in [3.05, 3.63) is 23.9 Å². The van der Waals surface area contributed by atoms with Crippen molar-refractivity contribution in [3.8, 4) is 0 Å². The number of carboxylic acids is 1. The Kier molecular flexibility index (Phi) is 3.31. The number of piperidine rings is 1. The summed E-state index contributed by atoms with van der Waals surface area (Å²) in [6.45, 7) is 6.42. The molecular formula is C13H18N2O2. The molecule has 1 aliphatic rings. The summed E-state index contributed by atoms with van der Waals surface area (Å²) in [7, 11) is 0. The van der Waals surface area contributed by atoms with Gasteiger partial charge in [0, 0.05) is 13.1 Å². The third-order valence-electron chi connectivity index (χ3n) is 3.61. The first-order valence-electron chi connectivity index (χ1n) is 6.03. The van der Waals surface area contributed by atoms with E-state index >= 15 is 0 Å². The van der Waals surface area contributed by atoms with Gasteiger partial charge in [-0.1, -0.05) is 19.9 Å². The first-order valence-corrected chi connectivity index (χ1v) is 6.03. The van der Waals surface area contributed by atoms with Gasteiger partial charge < -0.3 is 10.0 Å². The molecule has 17 heavy (non-hydrogen) atoms. The van der Waals surface area contributed by atoms with Crippen LogP contribution in [0.3, 0.4) is 0 Å². The molecular weight excluding hydrogens is 216 g/mol. The van der Waals surface area contributed by atoms with Crippen molar-refractivity contribution in [1.29, 1.82) is 0 Å². The number of carbonyl (C=O) groups is 1. The van der Waals surface area contributed by atoms with E-state index in [1.54, 1.807) is 6.07 Å². The monoisotopic (exact) mass is 234 g/mol. The zero-order valence-corrected chi connectivity index (χ0v) is 10.3. The summed E-state index contributed by atoms with van der Waals surface area (Å²) >= 11 is 0. The van der Waals surface area contributed by atoms with E-state index in [0.29, 0.717) is 5.92 Å². The fourth-order valence-electron chi connectivity index (χ4n) is 2.19. The van der Waals surface area contributed by atoms with Gasteiger partial charge in [0.05, 0.1) is 0 Å². The normalized spacial score (nSPS) is 24.7. The average molecular weight is 234 g/mol. The highest BCUT2D eigenvalue weighted by atomic mass is 16.4. The molecule has 92 valence electrons. The van der Waals surface area contributed by atoms with Crippen LogP contribution in [0.2, 0.25) is 0 Å². The molecule has 2 rings (SSSR count). The molecule has 0 saturated carbocycles. The van der Waals surface area contributed by atoms with Crippen molar-refractivity contribution < 1.29 is 9.90 Å². The van der Waals surface area contributed by atoms with Gasteiger partial charge in [-0.3, -0.25) is 0 Å². The first-order chi connectivity index (χ1) is 8.08. The quantitative estimate of drug-likeness (QED) is 0.852. The third-order valence-corrected chi connectivity index (χ3v) is 3.61. The van der Waals surface area contributed by atoms with Crippen molar-refractivity contribution >= 4 is 11.8 Å². The number of nitrogens with zero attached hydrogens (tertiary/aromatic N) is 2. The van der Waals surface area contributed by atoms with Crippen LogP contribution in [0, 0.1) is 11.8 Å². The van der Waals surface area contributed by atoms with Crippen LogP contribution >= 0.6 is 0 Å². The summed E-state index contributed by atoms with van der Waals surface area (Å²) in [6, 6.07) is 5.17. The standard InChI is InChI=1S/C13H18N2O2/c1-9-6-7-15(8-10(9)2)12-5-3-4-11(14-12)13(16)17/h3-5,9-10H,6-8H2,1-2H3,(H,16,17). The highest BCUT2D eigenvalue weighted by Gasteiger charge is 2.23. The fraction of sp³-hybridized carbons (Fsp3) is 0.538. The molecule has 0 radical (unpaired) electrons.